The van der Waals surface area contributed by atoms with E-state index in [1.165, 1.54) is 28.6 Å². The number of sulfonamides is 1. The number of carboxylic acid groups (broad SMARTS) is 1. The van der Waals surface area contributed by atoms with Gasteiger partial charge in [0.1, 0.15) is 0 Å². The molecule has 1 heterocycles. The standard InChI is InChI=1S/C13H17NO5S/c1-2-11-9-14(7-8-19-11)20(17,18)12-5-3-10(4-6-12)13(15)16/h3-6,11H,2,7-9H2,1H3,(H,15,16). The van der Waals surface area contributed by atoms with Crippen molar-refractivity contribution in [1.82, 2.24) is 4.31 Å². The van der Waals surface area contributed by atoms with Crippen LogP contribution in [0.3, 0.4) is 0 Å². The minimum atomic E-state index is -3.59. The van der Waals surface area contributed by atoms with Crippen LogP contribution in [0.5, 0.6) is 0 Å². The van der Waals surface area contributed by atoms with Crippen LogP contribution in [0.1, 0.15) is 23.7 Å². The molecule has 0 aliphatic carbocycles. The van der Waals surface area contributed by atoms with Crippen molar-refractivity contribution < 1.29 is 23.1 Å². The fourth-order valence-electron chi connectivity index (χ4n) is 2.08. The molecule has 1 aliphatic rings. The molecule has 0 aromatic heterocycles. The van der Waals surface area contributed by atoms with Gasteiger partial charge in [0.15, 0.2) is 0 Å². The van der Waals surface area contributed by atoms with Gasteiger partial charge in [-0.25, -0.2) is 13.2 Å². The largest absolute Gasteiger partial charge is 0.478 e. The highest BCUT2D eigenvalue weighted by Gasteiger charge is 2.30. The Labute approximate surface area is 118 Å². The molecule has 1 fully saturated rings. The van der Waals surface area contributed by atoms with Crippen LogP contribution in [0.25, 0.3) is 0 Å². The average Bonchev–Trinajstić information content (AvgIpc) is 2.47. The van der Waals surface area contributed by atoms with Gasteiger partial charge < -0.3 is 9.84 Å². The van der Waals surface area contributed by atoms with Gasteiger partial charge >= 0.3 is 5.97 Å². The van der Waals surface area contributed by atoms with Crippen molar-refractivity contribution in [1.29, 1.82) is 0 Å². The molecule has 20 heavy (non-hydrogen) atoms. The lowest BCUT2D eigenvalue weighted by Gasteiger charge is -2.31. The van der Waals surface area contributed by atoms with Crippen molar-refractivity contribution in [3.63, 3.8) is 0 Å². The van der Waals surface area contributed by atoms with Crippen LogP contribution in [0.4, 0.5) is 0 Å². The normalized spacial score (nSPS) is 20.8. The fraction of sp³-hybridized carbons (Fsp3) is 0.462. The number of hydrogen-bond donors (Lipinski definition) is 1. The molecule has 2 rings (SSSR count). The Bertz CT molecular complexity index is 581. The monoisotopic (exact) mass is 299 g/mol. The SMILES string of the molecule is CCC1CN(S(=O)(=O)c2ccc(C(=O)O)cc2)CCO1. The minimum Gasteiger partial charge on any atom is -0.478 e. The molecule has 110 valence electrons. The van der Waals surface area contributed by atoms with E-state index in [9.17, 15) is 13.2 Å². The maximum Gasteiger partial charge on any atom is 0.335 e. The van der Waals surface area contributed by atoms with Crippen LogP contribution in [0.15, 0.2) is 29.2 Å². The number of rotatable bonds is 4. The number of carbonyl (C=O) groups is 1. The molecule has 0 amide bonds. The Balaban J connectivity index is 2.23. The Morgan fingerprint density at radius 1 is 1.40 bits per heavy atom. The van der Waals surface area contributed by atoms with E-state index in [4.69, 9.17) is 9.84 Å². The van der Waals surface area contributed by atoms with E-state index in [0.717, 1.165) is 6.42 Å². The molecule has 7 heteroatoms. The third kappa shape index (κ3) is 3.00. The molecule has 1 saturated heterocycles. The predicted octanol–water partition coefficient (Wildman–Crippen LogP) is 1.18. The van der Waals surface area contributed by atoms with Crippen LogP contribution in [0, 0.1) is 0 Å². The van der Waals surface area contributed by atoms with Gasteiger partial charge in [0.2, 0.25) is 10.0 Å². The van der Waals surface area contributed by atoms with E-state index >= 15 is 0 Å². The van der Waals surface area contributed by atoms with E-state index < -0.39 is 16.0 Å². The van der Waals surface area contributed by atoms with E-state index in [-0.39, 0.29) is 16.6 Å². The van der Waals surface area contributed by atoms with E-state index in [0.29, 0.717) is 19.7 Å². The molecular weight excluding hydrogens is 282 g/mol. The third-order valence-electron chi connectivity index (χ3n) is 3.30. The lowest BCUT2D eigenvalue weighted by Crippen LogP contribution is -2.45. The molecule has 1 atom stereocenters. The molecule has 0 bridgehead atoms. The van der Waals surface area contributed by atoms with Gasteiger partial charge in [-0.15, -0.1) is 0 Å². The summed E-state index contributed by atoms with van der Waals surface area (Å²) in [6.45, 7) is 2.98. The van der Waals surface area contributed by atoms with Crippen molar-refractivity contribution in [3.05, 3.63) is 29.8 Å². The zero-order chi connectivity index (χ0) is 14.8. The first-order chi connectivity index (χ1) is 9.45. The second-order valence-electron chi connectivity index (χ2n) is 4.59. The number of hydrogen-bond acceptors (Lipinski definition) is 4. The van der Waals surface area contributed by atoms with Gasteiger partial charge in [0.05, 0.1) is 23.2 Å². The van der Waals surface area contributed by atoms with Crippen molar-refractivity contribution >= 4 is 16.0 Å². The number of morpholine rings is 1. The summed E-state index contributed by atoms with van der Waals surface area (Å²) in [6.07, 6.45) is 0.668. The smallest absolute Gasteiger partial charge is 0.335 e. The highest BCUT2D eigenvalue weighted by atomic mass is 32.2. The fourth-order valence-corrected chi connectivity index (χ4v) is 3.53. The van der Waals surface area contributed by atoms with Gasteiger partial charge in [-0.05, 0) is 30.7 Å². The summed E-state index contributed by atoms with van der Waals surface area (Å²) < 4.78 is 31.8. The Morgan fingerprint density at radius 2 is 2.05 bits per heavy atom. The second kappa shape index (κ2) is 5.90. The zero-order valence-electron chi connectivity index (χ0n) is 11.2. The summed E-state index contributed by atoms with van der Waals surface area (Å²) in [7, 11) is -3.59. The lowest BCUT2D eigenvalue weighted by molar-refractivity contribution is -0.00277. The van der Waals surface area contributed by atoms with Crippen molar-refractivity contribution in [2.45, 2.75) is 24.3 Å². The van der Waals surface area contributed by atoms with E-state index in [1.807, 2.05) is 6.92 Å². The summed E-state index contributed by atoms with van der Waals surface area (Å²) in [5, 5.41) is 8.82. The Kier molecular flexibility index (Phi) is 4.42. The Hall–Kier alpha value is -1.44. The van der Waals surface area contributed by atoms with E-state index in [2.05, 4.69) is 0 Å². The van der Waals surface area contributed by atoms with E-state index in [1.54, 1.807) is 0 Å². The maximum atomic E-state index is 12.5. The number of nitrogens with zero attached hydrogens (tertiary/aromatic N) is 1. The highest BCUT2D eigenvalue weighted by molar-refractivity contribution is 7.89. The molecule has 0 saturated carbocycles. The number of aromatic carboxylic acids is 1. The second-order valence-corrected chi connectivity index (χ2v) is 6.53. The topological polar surface area (TPSA) is 83.9 Å². The quantitative estimate of drug-likeness (QED) is 0.902. The van der Waals surface area contributed by atoms with Crippen LogP contribution in [0.2, 0.25) is 0 Å². The predicted molar refractivity (Wildman–Crippen MR) is 72.2 cm³/mol. The number of carboxylic acids is 1. The molecule has 1 aromatic rings. The maximum absolute atomic E-state index is 12.5. The van der Waals surface area contributed by atoms with Gasteiger partial charge in [0, 0.05) is 13.1 Å². The first-order valence-electron chi connectivity index (χ1n) is 6.40. The van der Waals surface area contributed by atoms with Crippen molar-refractivity contribution in [3.8, 4) is 0 Å². The minimum absolute atomic E-state index is 0.0670. The summed E-state index contributed by atoms with van der Waals surface area (Å²) in [5.41, 5.74) is 0.0670. The summed E-state index contributed by atoms with van der Waals surface area (Å²) >= 11 is 0. The molecule has 6 nitrogen and oxygen atoms in total. The summed E-state index contributed by atoms with van der Waals surface area (Å²) in [4.78, 5) is 10.9. The van der Waals surface area contributed by atoms with Crippen molar-refractivity contribution in [2.24, 2.45) is 0 Å². The Morgan fingerprint density at radius 3 is 2.60 bits per heavy atom. The first-order valence-corrected chi connectivity index (χ1v) is 7.84. The van der Waals surface area contributed by atoms with Crippen molar-refractivity contribution in [2.75, 3.05) is 19.7 Å². The molecule has 1 unspecified atom stereocenters. The number of ether oxygens (including phenoxy) is 1. The zero-order valence-corrected chi connectivity index (χ0v) is 12.0. The van der Waals surface area contributed by atoms with Crippen LogP contribution >= 0.6 is 0 Å². The van der Waals surface area contributed by atoms with Gasteiger partial charge in [-0.2, -0.15) is 4.31 Å². The average molecular weight is 299 g/mol. The molecular formula is C13H17NO5S. The molecule has 1 aliphatic heterocycles. The van der Waals surface area contributed by atoms with Gasteiger partial charge in [0.25, 0.3) is 0 Å². The summed E-state index contributed by atoms with van der Waals surface area (Å²) in [6, 6.07) is 5.25. The van der Waals surface area contributed by atoms with Crippen LogP contribution < -0.4 is 0 Å². The molecule has 0 spiro atoms. The van der Waals surface area contributed by atoms with Crippen LogP contribution in [-0.2, 0) is 14.8 Å². The number of benzene rings is 1. The molecule has 0 radical (unpaired) electrons. The molecule has 1 aromatic carbocycles. The first kappa shape index (κ1) is 15.0. The lowest BCUT2D eigenvalue weighted by atomic mass is 10.2. The third-order valence-corrected chi connectivity index (χ3v) is 5.18. The van der Waals surface area contributed by atoms with Crippen LogP contribution in [-0.4, -0.2) is 49.6 Å². The molecule has 1 N–H and O–H groups in total. The summed E-state index contributed by atoms with van der Waals surface area (Å²) in [5.74, 6) is -1.08. The highest BCUT2D eigenvalue weighted by Crippen LogP contribution is 2.20. The van der Waals surface area contributed by atoms with Gasteiger partial charge in [-0.1, -0.05) is 6.92 Å². The van der Waals surface area contributed by atoms with Gasteiger partial charge in [-0.3, -0.25) is 0 Å².